The largest absolute Gasteiger partial charge is 0.504 e. The van der Waals surface area contributed by atoms with Gasteiger partial charge in [-0.1, -0.05) is 12.1 Å². The van der Waals surface area contributed by atoms with Gasteiger partial charge in [-0.05, 0) is 37.5 Å². The van der Waals surface area contributed by atoms with Gasteiger partial charge in [-0.25, -0.2) is 4.98 Å². The normalized spacial score (nSPS) is 18.9. The molecule has 0 spiro atoms. The number of rotatable bonds is 7. The Morgan fingerprint density at radius 3 is 2.82 bits per heavy atom. The standard InChI is InChI=1S/C21H26N4O3/c1-28-18-4-2-3-14(20(18)26)11-22-17-9-10-25(13-17)19-8-5-15(12-23-19)21(27)24-16-6-7-16/h2-5,8,12,16-17,22,26H,6-7,9-11,13H2,1H3,(H,24,27)/t17-/m0/s1. The molecule has 1 aromatic carbocycles. The first-order valence-electron chi connectivity index (χ1n) is 9.74. The van der Waals surface area contributed by atoms with Crippen LogP contribution in [0, 0.1) is 0 Å². The van der Waals surface area contributed by atoms with Crippen molar-refractivity contribution in [2.45, 2.75) is 37.9 Å². The predicted octanol–water partition coefficient (Wildman–Crippen LogP) is 2.06. The zero-order valence-corrected chi connectivity index (χ0v) is 16.0. The summed E-state index contributed by atoms with van der Waals surface area (Å²) in [6.45, 7) is 2.32. The summed E-state index contributed by atoms with van der Waals surface area (Å²) in [7, 11) is 1.55. The van der Waals surface area contributed by atoms with Gasteiger partial charge < -0.3 is 25.4 Å². The van der Waals surface area contributed by atoms with Gasteiger partial charge in [0.05, 0.1) is 12.7 Å². The molecule has 1 saturated carbocycles. The molecule has 1 atom stereocenters. The van der Waals surface area contributed by atoms with Crippen molar-refractivity contribution in [2.24, 2.45) is 0 Å². The SMILES string of the molecule is COc1cccc(CN[C@H]2CCN(c3ccc(C(=O)NC4CC4)cn3)C2)c1O. The van der Waals surface area contributed by atoms with Gasteiger partial charge in [0.15, 0.2) is 11.5 Å². The first-order chi connectivity index (χ1) is 13.6. The van der Waals surface area contributed by atoms with Gasteiger partial charge >= 0.3 is 0 Å². The van der Waals surface area contributed by atoms with Crippen molar-refractivity contribution in [1.82, 2.24) is 15.6 Å². The van der Waals surface area contributed by atoms with Crippen LogP contribution in [0.4, 0.5) is 5.82 Å². The molecule has 2 aromatic rings. The predicted molar refractivity (Wildman–Crippen MR) is 107 cm³/mol. The molecule has 148 valence electrons. The molecule has 1 aliphatic carbocycles. The van der Waals surface area contributed by atoms with Crippen molar-refractivity contribution in [3.05, 3.63) is 47.7 Å². The van der Waals surface area contributed by atoms with E-state index < -0.39 is 0 Å². The van der Waals surface area contributed by atoms with Gasteiger partial charge in [0.2, 0.25) is 0 Å². The first-order valence-corrected chi connectivity index (χ1v) is 9.74. The highest BCUT2D eigenvalue weighted by Gasteiger charge is 2.25. The fourth-order valence-corrected chi connectivity index (χ4v) is 3.47. The molecule has 4 rings (SSSR count). The van der Waals surface area contributed by atoms with Crippen LogP contribution in [0.15, 0.2) is 36.5 Å². The number of hydrogen-bond donors (Lipinski definition) is 3. The molecule has 3 N–H and O–H groups in total. The van der Waals surface area contributed by atoms with Crippen LogP contribution in [0.2, 0.25) is 0 Å². The highest BCUT2D eigenvalue weighted by Crippen LogP contribution is 2.29. The molecular weight excluding hydrogens is 356 g/mol. The van der Waals surface area contributed by atoms with E-state index in [9.17, 15) is 9.90 Å². The number of amides is 1. The fraction of sp³-hybridized carbons (Fsp3) is 0.429. The second-order valence-electron chi connectivity index (χ2n) is 7.43. The van der Waals surface area contributed by atoms with Gasteiger partial charge in [0.1, 0.15) is 5.82 Å². The van der Waals surface area contributed by atoms with Crippen molar-refractivity contribution in [1.29, 1.82) is 0 Å². The summed E-state index contributed by atoms with van der Waals surface area (Å²) >= 11 is 0. The van der Waals surface area contributed by atoms with E-state index in [4.69, 9.17) is 4.74 Å². The Labute approximate surface area is 164 Å². The summed E-state index contributed by atoms with van der Waals surface area (Å²) in [5.41, 5.74) is 1.43. The number of phenolic OH excluding ortho intramolecular Hbond substituents is 1. The maximum atomic E-state index is 12.1. The Kier molecular flexibility index (Phi) is 5.34. The first kappa shape index (κ1) is 18.6. The third kappa shape index (κ3) is 4.20. The Morgan fingerprint density at radius 1 is 1.25 bits per heavy atom. The Morgan fingerprint density at radius 2 is 2.11 bits per heavy atom. The molecule has 1 saturated heterocycles. The lowest BCUT2D eigenvalue weighted by molar-refractivity contribution is 0.0950. The Hall–Kier alpha value is -2.80. The molecular formula is C21H26N4O3. The quantitative estimate of drug-likeness (QED) is 0.680. The summed E-state index contributed by atoms with van der Waals surface area (Å²) in [6, 6.07) is 9.93. The number of para-hydroxylation sites is 1. The van der Waals surface area contributed by atoms with E-state index in [1.165, 1.54) is 0 Å². The number of aromatic hydroxyl groups is 1. The summed E-state index contributed by atoms with van der Waals surface area (Å²) < 4.78 is 5.16. The second kappa shape index (κ2) is 8.06. The van der Waals surface area contributed by atoms with Crippen LogP contribution in [0.5, 0.6) is 11.5 Å². The number of anilines is 1. The molecule has 2 fully saturated rings. The molecule has 28 heavy (non-hydrogen) atoms. The van der Waals surface area contributed by atoms with Crippen LogP contribution in [0.1, 0.15) is 35.2 Å². The van der Waals surface area contributed by atoms with Crippen molar-refractivity contribution in [3.63, 3.8) is 0 Å². The summed E-state index contributed by atoms with van der Waals surface area (Å²) in [6.07, 6.45) is 4.80. The monoisotopic (exact) mass is 382 g/mol. The van der Waals surface area contributed by atoms with E-state index in [0.29, 0.717) is 29.9 Å². The minimum Gasteiger partial charge on any atom is -0.504 e. The maximum Gasteiger partial charge on any atom is 0.253 e. The minimum atomic E-state index is -0.0411. The van der Waals surface area contributed by atoms with Crippen LogP contribution in [0.3, 0.4) is 0 Å². The number of carbonyl (C=O) groups excluding carboxylic acids is 1. The number of methoxy groups -OCH3 is 1. The number of nitrogens with zero attached hydrogens (tertiary/aromatic N) is 2. The lowest BCUT2D eigenvalue weighted by Gasteiger charge is -2.18. The van der Waals surface area contributed by atoms with E-state index in [-0.39, 0.29) is 11.7 Å². The number of hydrogen-bond acceptors (Lipinski definition) is 6. The summed E-state index contributed by atoms with van der Waals surface area (Å²) in [5.74, 6) is 1.52. The topological polar surface area (TPSA) is 86.7 Å². The lowest BCUT2D eigenvalue weighted by atomic mass is 10.1. The van der Waals surface area contributed by atoms with Crippen LogP contribution in [-0.2, 0) is 6.54 Å². The van der Waals surface area contributed by atoms with Gasteiger partial charge in [0, 0.05) is 43.5 Å². The zero-order valence-electron chi connectivity index (χ0n) is 16.0. The van der Waals surface area contributed by atoms with Crippen molar-refractivity contribution < 1.29 is 14.6 Å². The zero-order chi connectivity index (χ0) is 19.5. The van der Waals surface area contributed by atoms with E-state index in [1.54, 1.807) is 19.4 Å². The Bertz CT molecular complexity index is 836. The summed E-state index contributed by atoms with van der Waals surface area (Å²) in [4.78, 5) is 18.8. The highest BCUT2D eigenvalue weighted by molar-refractivity contribution is 5.94. The van der Waals surface area contributed by atoms with Crippen molar-refractivity contribution >= 4 is 11.7 Å². The minimum absolute atomic E-state index is 0.0411. The molecule has 0 bridgehead atoms. The molecule has 1 amide bonds. The molecule has 7 heteroatoms. The van der Waals surface area contributed by atoms with Crippen LogP contribution >= 0.6 is 0 Å². The maximum absolute atomic E-state index is 12.1. The van der Waals surface area contributed by atoms with Gasteiger partial charge in [0.25, 0.3) is 5.91 Å². The van der Waals surface area contributed by atoms with E-state index in [1.807, 2.05) is 24.3 Å². The molecule has 1 aliphatic heterocycles. The number of ether oxygens (including phenoxy) is 1. The van der Waals surface area contributed by atoms with Crippen LogP contribution < -0.4 is 20.3 Å². The second-order valence-corrected chi connectivity index (χ2v) is 7.43. The number of phenols is 1. The van der Waals surface area contributed by atoms with E-state index in [0.717, 1.165) is 43.7 Å². The van der Waals surface area contributed by atoms with Gasteiger partial charge in [-0.3, -0.25) is 4.79 Å². The van der Waals surface area contributed by atoms with E-state index >= 15 is 0 Å². The number of pyridine rings is 1. The number of benzene rings is 1. The fourth-order valence-electron chi connectivity index (χ4n) is 3.47. The van der Waals surface area contributed by atoms with Crippen LogP contribution in [0.25, 0.3) is 0 Å². The molecule has 0 unspecified atom stereocenters. The smallest absolute Gasteiger partial charge is 0.253 e. The van der Waals surface area contributed by atoms with Gasteiger partial charge in [-0.2, -0.15) is 0 Å². The Balaban J connectivity index is 1.31. The lowest BCUT2D eigenvalue weighted by Crippen LogP contribution is -2.32. The third-order valence-corrected chi connectivity index (χ3v) is 5.32. The van der Waals surface area contributed by atoms with Crippen molar-refractivity contribution in [3.8, 4) is 11.5 Å². The molecule has 0 radical (unpaired) electrons. The molecule has 1 aromatic heterocycles. The molecule has 7 nitrogen and oxygen atoms in total. The average molecular weight is 382 g/mol. The van der Waals surface area contributed by atoms with E-state index in [2.05, 4.69) is 20.5 Å². The van der Waals surface area contributed by atoms with Crippen LogP contribution in [-0.4, -0.2) is 48.3 Å². The third-order valence-electron chi connectivity index (χ3n) is 5.32. The van der Waals surface area contributed by atoms with Gasteiger partial charge in [-0.15, -0.1) is 0 Å². The average Bonchev–Trinajstić information content (AvgIpc) is 3.40. The molecule has 2 heterocycles. The number of nitrogens with one attached hydrogen (secondary N) is 2. The summed E-state index contributed by atoms with van der Waals surface area (Å²) in [5, 5.41) is 16.7. The highest BCUT2D eigenvalue weighted by atomic mass is 16.5. The van der Waals surface area contributed by atoms with Crippen molar-refractivity contribution in [2.75, 3.05) is 25.1 Å². The number of aromatic nitrogens is 1. The molecule has 2 aliphatic rings. The number of carbonyl (C=O) groups is 1.